The van der Waals surface area contributed by atoms with Crippen LogP contribution in [0.5, 0.6) is 0 Å². The molecule has 5 rings (SSSR count). The van der Waals surface area contributed by atoms with Crippen LogP contribution in [-0.2, 0) is 18.5 Å². The molecule has 0 saturated heterocycles. The van der Waals surface area contributed by atoms with Gasteiger partial charge in [0.25, 0.3) is 5.56 Å². The zero-order valence-corrected chi connectivity index (χ0v) is 16.0. The van der Waals surface area contributed by atoms with Crippen molar-refractivity contribution in [2.75, 3.05) is 11.4 Å². The van der Waals surface area contributed by atoms with Crippen molar-refractivity contribution in [3.63, 3.8) is 0 Å². The second-order valence-corrected chi connectivity index (χ2v) is 8.30. The van der Waals surface area contributed by atoms with Crippen LogP contribution >= 0.6 is 0 Å². The highest BCUT2D eigenvalue weighted by molar-refractivity contribution is 5.85. The van der Waals surface area contributed by atoms with Crippen LogP contribution in [0.1, 0.15) is 32.0 Å². The molecule has 28 heavy (non-hydrogen) atoms. The second-order valence-electron chi connectivity index (χ2n) is 8.30. The number of benzene rings is 1. The maximum absolute atomic E-state index is 13.8. The summed E-state index contributed by atoms with van der Waals surface area (Å²) in [5, 5.41) is 5.72. The molecule has 0 aliphatic carbocycles. The summed E-state index contributed by atoms with van der Waals surface area (Å²) < 4.78 is 15.5. The fourth-order valence-electron chi connectivity index (χ4n) is 3.91. The second kappa shape index (κ2) is 5.67. The smallest absolute Gasteiger partial charge is 0.263 e. The quantitative estimate of drug-likeness (QED) is 0.532. The molecular weight excluding hydrogens is 359 g/mol. The minimum atomic E-state index is -0.288. The van der Waals surface area contributed by atoms with Gasteiger partial charge in [-0.1, -0.05) is 0 Å². The lowest BCUT2D eigenvalue weighted by molar-refractivity contribution is 0.366. The van der Waals surface area contributed by atoms with Gasteiger partial charge in [-0.3, -0.25) is 9.78 Å². The predicted octanol–water partition coefficient (Wildman–Crippen LogP) is 3.06. The summed E-state index contributed by atoms with van der Waals surface area (Å²) in [6.45, 7) is 7.33. The van der Waals surface area contributed by atoms with Gasteiger partial charge < -0.3 is 9.88 Å². The lowest BCUT2D eigenvalue weighted by atomic mass is 10.0. The number of aromatic nitrogens is 5. The number of rotatable bonds is 1. The number of fused-ring (bicyclic) bond motifs is 4. The molecule has 0 bridgehead atoms. The largest absolute Gasteiger partial charge is 0.358 e. The number of nitrogens with zero attached hydrogens (tertiary/aromatic N) is 4. The summed E-state index contributed by atoms with van der Waals surface area (Å²) in [5.74, 6) is 0.258. The van der Waals surface area contributed by atoms with Crippen LogP contribution in [0.2, 0.25) is 0 Å². The van der Waals surface area contributed by atoms with Crippen molar-refractivity contribution in [2.24, 2.45) is 0 Å². The van der Waals surface area contributed by atoms with E-state index in [1.54, 1.807) is 23.0 Å². The first-order valence-corrected chi connectivity index (χ1v) is 9.34. The maximum Gasteiger partial charge on any atom is 0.263 e. The third-order valence-electron chi connectivity index (χ3n) is 5.30. The van der Waals surface area contributed by atoms with E-state index in [0.29, 0.717) is 30.1 Å². The molecule has 2 N–H and O–H groups in total. The molecule has 4 aromatic rings. The van der Waals surface area contributed by atoms with Crippen molar-refractivity contribution in [1.29, 1.82) is 0 Å². The number of hydrogen-bond donors (Lipinski definition) is 2. The number of hydrogen-bond acceptors (Lipinski definition) is 4. The highest BCUT2D eigenvalue weighted by atomic mass is 19.1. The van der Waals surface area contributed by atoms with Crippen molar-refractivity contribution < 1.29 is 4.39 Å². The summed E-state index contributed by atoms with van der Waals surface area (Å²) in [5.41, 5.74) is 3.17. The van der Waals surface area contributed by atoms with Crippen LogP contribution in [0, 0.1) is 5.82 Å². The van der Waals surface area contributed by atoms with Crippen molar-refractivity contribution in [3.8, 4) is 0 Å². The van der Waals surface area contributed by atoms with E-state index in [-0.39, 0.29) is 16.9 Å². The van der Waals surface area contributed by atoms with Crippen molar-refractivity contribution in [3.05, 3.63) is 51.8 Å². The van der Waals surface area contributed by atoms with Gasteiger partial charge in [-0.05, 0) is 39.0 Å². The Bertz CT molecular complexity index is 1280. The van der Waals surface area contributed by atoms with Crippen LogP contribution in [-0.4, -0.2) is 31.3 Å². The summed E-state index contributed by atoms with van der Waals surface area (Å²) in [4.78, 5) is 25.6. The van der Waals surface area contributed by atoms with Gasteiger partial charge in [-0.25, -0.2) is 9.07 Å². The Labute approximate surface area is 160 Å². The fraction of sp³-hybridized carbons (Fsp3) is 0.350. The molecule has 0 spiro atoms. The standard InChI is InChI=1S/C20H21FN6O/c1-20(2,3)27-17-13(9-22-27)18(28)25-19(24-17)26-7-6-16-14(10-26)12-8-11(21)4-5-15(12)23-16/h4-5,8-9,23H,6-7,10H2,1-3H3,(H,24,25,28). The van der Waals surface area contributed by atoms with Crippen LogP contribution in [0.4, 0.5) is 10.3 Å². The zero-order chi connectivity index (χ0) is 19.6. The molecule has 1 aliphatic heterocycles. The van der Waals surface area contributed by atoms with E-state index in [0.717, 1.165) is 28.6 Å². The van der Waals surface area contributed by atoms with E-state index in [4.69, 9.17) is 4.98 Å². The summed E-state index contributed by atoms with van der Waals surface area (Å²) >= 11 is 0. The Morgan fingerprint density at radius 1 is 1.18 bits per heavy atom. The third kappa shape index (κ3) is 2.51. The van der Waals surface area contributed by atoms with E-state index in [9.17, 15) is 9.18 Å². The van der Waals surface area contributed by atoms with Crippen molar-refractivity contribution in [2.45, 2.75) is 39.3 Å². The molecule has 0 fully saturated rings. The van der Waals surface area contributed by atoms with Gasteiger partial charge in [0.05, 0.1) is 11.7 Å². The molecule has 7 nitrogen and oxygen atoms in total. The maximum atomic E-state index is 13.8. The predicted molar refractivity (Wildman–Crippen MR) is 106 cm³/mol. The van der Waals surface area contributed by atoms with Crippen molar-refractivity contribution >= 4 is 27.9 Å². The van der Waals surface area contributed by atoms with Crippen LogP contribution in [0.15, 0.2) is 29.2 Å². The molecule has 144 valence electrons. The minimum absolute atomic E-state index is 0.203. The zero-order valence-electron chi connectivity index (χ0n) is 16.0. The molecule has 0 unspecified atom stereocenters. The fourth-order valence-corrected chi connectivity index (χ4v) is 3.91. The Kier molecular flexibility index (Phi) is 3.44. The SMILES string of the molecule is CC(C)(C)n1ncc2c(=O)[nH]c(N3CCc4[nH]c5ccc(F)cc5c4C3)nc21. The van der Waals surface area contributed by atoms with Gasteiger partial charge in [-0.2, -0.15) is 10.1 Å². The first kappa shape index (κ1) is 17.0. The normalized spacial score (nSPS) is 14.8. The first-order chi connectivity index (χ1) is 13.3. The summed E-state index contributed by atoms with van der Waals surface area (Å²) in [6.07, 6.45) is 2.33. The molecule has 4 heterocycles. The van der Waals surface area contributed by atoms with Gasteiger partial charge in [0.2, 0.25) is 5.95 Å². The minimum Gasteiger partial charge on any atom is -0.358 e. The van der Waals surface area contributed by atoms with E-state index in [1.165, 1.54) is 6.07 Å². The monoisotopic (exact) mass is 380 g/mol. The number of halogens is 1. The molecule has 0 atom stereocenters. The van der Waals surface area contributed by atoms with E-state index in [1.807, 2.05) is 25.7 Å². The topological polar surface area (TPSA) is 82.6 Å². The number of anilines is 1. The average molecular weight is 380 g/mol. The Morgan fingerprint density at radius 3 is 2.79 bits per heavy atom. The number of H-pyrrole nitrogens is 2. The van der Waals surface area contributed by atoms with Crippen LogP contribution in [0.3, 0.4) is 0 Å². The van der Waals surface area contributed by atoms with Gasteiger partial charge in [0.15, 0.2) is 5.65 Å². The van der Waals surface area contributed by atoms with Gasteiger partial charge in [0, 0.05) is 41.7 Å². The Balaban J connectivity index is 1.61. The molecule has 0 radical (unpaired) electrons. The highest BCUT2D eigenvalue weighted by Crippen LogP contribution is 2.30. The van der Waals surface area contributed by atoms with Crippen LogP contribution in [0.25, 0.3) is 21.9 Å². The molecule has 3 aromatic heterocycles. The third-order valence-corrected chi connectivity index (χ3v) is 5.30. The van der Waals surface area contributed by atoms with Crippen LogP contribution < -0.4 is 10.5 Å². The summed E-state index contributed by atoms with van der Waals surface area (Å²) in [6, 6.07) is 4.78. The Hall–Kier alpha value is -3.16. The van der Waals surface area contributed by atoms with E-state index in [2.05, 4.69) is 15.1 Å². The lowest BCUT2D eigenvalue weighted by Gasteiger charge is -2.28. The lowest BCUT2D eigenvalue weighted by Crippen LogP contribution is -2.33. The molecule has 0 saturated carbocycles. The number of aromatic amines is 2. The Morgan fingerprint density at radius 2 is 2.00 bits per heavy atom. The molecule has 1 aromatic carbocycles. The summed E-state index contributed by atoms with van der Waals surface area (Å²) in [7, 11) is 0. The highest BCUT2D eigenvalue weighted by Gasteiger charge is 2.25. The number of nitrogens with one attached hydrogen (secondary N) is 2. The van der Waals surface area contributed by atoms with E-state index < -0.39 is 0 Å². The van der Waals surface area contributed by atoms with Gasteiger partial charge in [-0.15, -0.1) is 0 Å². The van der Waals surface area contributed by atoms with E-state index >= 15 is 0 Å². The van der Waals surface area contributed by atoms with Crippen molar-refractivity contribution in [1.82, 2.24) is 24.7 Å². The molecule has 8 heteroatoms. The molecule has 1 aliphatic rings. The average Bonchev–Trinajstić information content (AvgIpc) is 3.22. The molecular formula is C20H21FN6O. The molecule has 0 amide bonds. The first-order valence-electron chi connectivity index (χ1n) is 9.34. The van der Waals surface area contributed by atoms with Gasteiger partial charge in [0.1, 0.15) is 11.2 Å². The van der Waals surface area contributed by atoms with Gasteiger partial charge >= 0.3 is 0 Å².